The Morgan fingerprint density at radius 3 is 2.46 bits per heavy atom. The van der Waals surface area contributed by atoms with Crippen molar-refractivity contribution in [2.75, 3.05) is 11.9 Å². The van der Waals surface area contributed by atoms with Crippen LogP contribution in [0.4, 0.5) is 10.1 Å². The Labute approximate surface area is 152 Å². The number of rotatable bonds is 6. The molecule has 0 aliphatic heterocycles. The van der Waals surface area contributed by atoms with Gasteiger partial charge in [0.05, 0.1) is 6.04 Å². The van der Waals surface area contributed by atoms with Crippen LogP contribution >= 0.6 is 0 Å². The van der Waals surface area contributed by atoms with Gasteiger partial charge in [0.25, 0.3) is 5.91 Å². The molecule has 4 heteroatoms. The summed E-state index contributed by atoms with van der Waals surface area (Å²) in [6, 6.07) is 21.2. The summed E-state index contributed by atoms with van der Waals surface area (Å²) in [4.78, 5) is 13.8. The van der Waals surface area contributed by atoms with E-state index in [0.29, 0.717) is 12.6 Å². The predicted molar refractivity (Wildman–Crippen MR) is 102 cm³/mol. The fourth-order valence-electron chi connectivity index (χ4n) is 3.39. The van der Waals surface area contributed by atoms with Gasteiger partial charge in [-0.2, -0.15) is 0 Å². The van der Waals surface area contributed by atoms with E-state index in [-0.39, 0.29) is 11.7 Å². The van der Waals surface area contributed by atoms with Gasteiger partial charge in [0, 0.05) is 24.1 Å². The molecule has 0 radical (unpaired) electrons. The van der Waals surface area contributed by atoms with Gasteiger partial charge in [-0.1, -0.05) is 42.5 Å². The highest BCUT2D eigenvalue weighted by molar-refractivity contribution is 5.94. The fourth-order valence-corrected chi connectivity index (χ4v) is 3.39. The van der Waals surface area contributed by atoms with Crippen LogP contribution in [-0.4, -0.2) is 18.5 Å². The van der Waals surface area contributed by atoms with Crippen LogP contribution in [0.1, 0.15) is 18.4 Å². The first-order chi connectivity index (χ1) is 12.7. The van der Waals surface area contributed by atoms with Crippen LogP contribution in [-0.2, 0) is 11.3 Å². The lowest BCUT2D eigenvalue weighted by Gasteiger charge is -2.19. The Hall–Kier alpha value is -2.72. The number of benzene rings is 3. The molecule has 0 aromatic heterocycles. The standard InChI is InChI=1S/C22H21FN2O/c23-19-8-5-16(6-9-19)14-25(21-11-12-21)15-22(26)24-20-10-7-17-3-1-2-4-18(17)13-20/h1-10,13,21H,11-12,14-15H2,(H,24,26)/p+1. The average Bonchev–Trinajstić information content (AvgIpc) is 3.48. The van der Waals surface area contributed by atoms with Gasteiger partial charge in [0.15, 0.2) is 6.54 Å². The number of carbonyl (C=O) groups is 1. The lowest BCUT2D eigenvalue weighted by molar-refractivity contribution is -0.916. The van der Waals surface area contributed by atoms with E-state index in [4.69, 9.17) is 0 Å². The van der Waals surface area contributed by atoms with E-state index in [9.17, 15) is 9.18 Å². The van der Waals surface area contributed by atoms with E-state index in [0.717, 1.165) is 41.4 Å². The molecule has 2 N–H and O–H groups in total. The summed E-state index contributed by atoms with van der Waals surface area (Å²) in [5.41, 5.74) is 1.89. The van der Waals surface area contributed by atoms with Crippen LogP contribution in [0.5, 0.6) is 0 Å². The molecule has 3 nitrogen and oxygen atoms in total. The van der Waals surface area contributed by atoms with Crippen molar-refractivity contribution in [1.82, 2.24) is 0 Å². The Morgan fingerprint density at radius 2 is 1.73 bits per heavy atom. The SMILES string of the molecule is O=C(C[NH+](Cc1ccc(F)cc1)C1CC1)Nc1ccc2ccccc2c1. The molecule has 0 heterocycles. The number of halogens is 1. The Kier molecular flexibility index (Phi) is 4.67. The molecule has 26 heavy (non-hydrogen) atoms. The zero-order valence-corrected chi connectivity index (χ0v) is 14.5. The number of hydrogen-bond donors (Lipinski definition) is 2. The van der Waals surface area contributed by atoms with Crippen molar-refractivity contribution in [3.05, 3.63) is 78.1 Å². The minimum absolute atomic E-state index is 0.0179. The molecule has 3 aromatic rings. The van der Waals surface area contributed by atoms with Gasteiger partial charge < -0.3 is 10.2 Å². The highest BCUT2D eigenvalue weighted by Crippen LogP contribution is 2.19. The van der Waals surface area contributed by atoms with Crippen LogP contribution in [0.2, 0.25) is 0 Å². The predicted octanol–water partition coefficient (Wildman–Crippen LogP) is 3.16. The van der Waals surface area contributed by atoms with Crippen LogP contribution in [0.3, 0.4) is 0 Å². The second kappa shape index (κ2) is 7.26. The molecule has 1 aliphatic rings. The van der Waals surface area contributed by atoms with Crippen molar-refractivity contribution in [2.45, 2.75) is 25.4 Å². The third-order valence-corrected chi connectivity index (χ3v) is 4.92. The number of anilines is 1. The van der Waals surface area contributed by atoms with Crippen LogP contribution in [0, 0.1) is 5.82 Å². The van der Waals surface area contributed by atoms with Crippen molar-refractivity contribution in [2.24, 2.45) is 0 Å². The van der Waals surface area contributed by atoms with Crippen LogP contribution in [0.25, 0.3) is 10.8 Å². The second-order valence-corrected chi connectivity index (χ2v) is 7.02. The summed E-state index contributed by atoms with van der Waals surface area (Å²) >= 11 is 0. The summed E-state index contributed by atoms with van der Waals surface area (Å²) in [7, 11) is 0. The van der Waals surface area contributed by atoms with Gasteiger partial charge in [-0.15, -0.1) is 0 Å². The molecule has 1 aliphatic carbocycles. The van der Waals surface area contributed by atoms with Crippen molar-refractivity contribution >= 4 is 22.4 Å². The van der Waals surface area contributed by atoms with Gasteiger partial charge >= 0.3 is 0 Å². The van der Waals surface area contributed by atoms with Gasteiger partial charge in [-0.25, -0.2) is 4.39 Å². The zero-order valence-electron chi connectivity index (χ0n) is 14.5. The van der Waals surface area contributed by atoms with Gasteiger partial charge in [-0.05, 0) is 35.0 Å². The molecule has 1 amide bonds. The van der Waals surface area contributed by atoms with E-state index in [1.165, 1.54) is 17.0 Å². The third-order valence-electron chi connectivity index (χ3n) is 4.92. The quantitative estimate of drug-likeness (QED) is 0.704. The van der Waals surface area contributed by atoms with Gasteiger partial charge in [-0.3, -0.25) is 4.79 Å². The van der Waals surface area contributed by atoms with Crippen molar-refractivity contribution in [1.29, 1.82) is 0 Å². The minimum atomic E-state index is -0.226. The largest absolute Gasteiger partial charge is 0.321 e. The molecule has 1 fully saturated rings. The van der Waals surface area contributed by atoms with E-state index < -0.39 is 0 Å². The number of nitrogens with one attached hydrogen (secondary N) is 2. The van der Waals surface area contributed by atoms with Crippen molar-refractivity contribution in [3.8, 4) is 0 Å². The molecule has 3 aromatic carbocycles. The highest BCUT2D eigenvalue weighted by atomic mass is 19.1. The molecule has 1 unspecified atom stereocenters. The van der Waals surface area contributed by atoms with E-state index in [1.54, 1.807) is 12.1 Å². The number of carbonyl (C=O) groups excluding carboxylic acids is 1. The first-order valence-electron chi connectivity index (χ1n) is 9.05. The molecular formula is C22H22FN2O+. The lowest BCUT2D eigenvalue weighted by atomic mass is 10.1. The molecule has 0 spiro atoms. The Balaban J connectivity index is 1.41. The van der Waals surface area contributed by atoms with Gasteiger partial charge in [0.2, 0.25) is 0 Å². The smallest absolute Gasteiger partial charge is 0.279 e. The summed E-state index contributed by atoms with van der Waals surface area (Å²) in [5, 5.41) is 5.30. The normalized spacial score (nSPS) is 15.0. The van der Waals surface area contributed by atoms with Gasteiger partial charge in [0.1, 0.15) is 12.4 Å². The maximum Gasteiger partial charge on any atom is 0.279 e. The highest BCUT2D eigenvalue weighted by Gasteiger charge is 2.34. The van der Waals surface area contributed by atoms with Crippen LogP contribution in [0.15, 0.2) is 66.7 Å². The number of amides is 1. The summed E-state index contributed by atoms with van der Waals surface area (Å²) in [5.74, 6) is -0.208. The fraction of sp³-hybridized carbons (Fsp3) is 0.227. The van der Waals surface area contributed by atoms with Crippen LogP contribution < -0.4 is 10.2 Å². The minimum Gasteiger partial charge on any atom is -0.321 e. The number of fused-ring (bicyclic) bond motifs is 1. The number of hydrogen-bond acceptors (Lipinski definition) is 1. The summed E-state index contributed by atoms with van der Waals surface area (Å²) < 4.78 is 13.1. The summed E-state index contributed by atoms with van der Waals surface area (Å²) in [6.07, 6.45) is 2.31. The molecule has 1 saturated carbocycles. The van der Waals surface area contributed by atoms with E-state index in [2.05, 4.69) is 11.4 Å². The Bertz CT molecular complexity index is 919. The maximum absolute atomic E-state index is 13.1. The lowest BCUT2D eigenvalue weighted by Crippen LogP contribution is -3.13. The first-order valence-corrected chi connectivity index (χ1v) is 9.05. The molecule has 4 rings (SSSR count). The van der Waals surface area contributed by atoms with E-state index in [1.807, 2.05) is 36.4 Å². The van der Waals surface area contributed by atoms with Crippen molar-refractivity contribution < 1.29 is 14.1 Å². The Morgan fingerprint density at radius 1 is 1.00 bits per heavy atom. The summed E-state index contributed by atoms with van der Waals surface area (Å²) in [6.45, 7) is 1.17. The first kappa shape index (κ1) is 16.7. The maximum atomic E-state index is 13.1. The topological polar surface area (TPSA) is 33.5 Å². The second-order valence-electron chi connectivity index (χ2n) is 7.02. The van der Waals surface area contributed by atoms with E-state index >= 15 is 0 Å². The molecule has 132 valence electrons. The molecular weight excluding hydrogens is 327 g/mol. The van der Waals surface area contributed by atoms with Crippen molar-refractivity contribution in [3.63, 3.8) is 0 Å². The molecule has 0 bridgehead atoms. The monoisotopic (exact) mass is 349 g/mol. The zero-order chi connectivity index (χ0) is 17.9. The average molecular weight is 349 g/mol. The third kappa shape index (κ3) is 4.09. The number of quaternary nitrogens is 1. The molecule has 1 atom stereocenters. The molecule has 0 saturated heterocycles.